The van der Waals surface area contributed by atoms with Crippen molar-refractivity contribution in [3.63, 3.8) is 0 Å². The molecule has 0 aliphatic carbocycles. The van der Waals surface area contributed by atoms with E-state index in [2.05, 4.69) is 15.9 Å². The standard InChI is InChI=1S/C17H16BrClFNO2/c1-21(10-12-9-13(19)4-6-16(12)23-2)17(22)8-11-3-5-15(20)14(18)7-11/h3-7,9H,8,10H2,1-2H3. The molecule has 0 spiro atoms. The molecule has 0 saturated heterocycles. The van der Waals surface area contributed by atoms with Gasteiger partial charge in [-0.1, -0.05) is 17.7 Å². The lowest BCUT2D eigenvalue weighted by Gasteiger charge is -2.19. The lowest BCUT2D eigenvalue weighted by Crippen LogP contribution is -2.28. The van der Waals surface area contributed by atoms with E-state index in [4.69, 9.17) is 16.3 Å². The van der Waals surface area contributed by atoms with Crippen LogP contribution in [0.2, 0.25) is 5.02 Å². The molecule has 2 aromatic rings. The number of likely N-dealkylation sites (N-methyl/N-ethyl adjacent to an activating group) is 1. The van der Waals surface area contributed by atoms with Crippen LogP contribution in [-0.2, 0) is 17.8 Å². The third-order valence-corrected chi connectivity index (χ3v) is 4.26. The average molecular weight is 401 g/mol. The smallest absolute Gasteiger partial charge is 0.227 e. The summed E-state index contributed by atoms with van der Waals surface area (Å²) in [4.78, 5) is 13.9. The molecule has 0 atom stereocenters. The van der Waals surface area contributed by atoms with Gasteiger partial charge in [0.2, 0.25) is 5.91 Å². The molecule has 0 saturated carbocycles. The number of rotatable bonds is 5. The predicted molar refractivity (Wildman–Crippen MR) is 92.3 cm³/mol. The molecule has 0 aliphatic rings. The number of halogens is 3. The molecule has 1 amide bonds. The maximum Gasteiger partial charge on any atom is 0.227 e. The second kappa shape index (κ2) is 7.79. The number of amides is 1. The second-order valence-electron chi connectivity index (χ2n) is 5.13. The first-order valence-corrected chi connectivity index (χ1v) is 8.08. The van der Waals surface area contributed by atoms with Crippen LogP contribution in [0.4, 0.5) is 4.39 Å². The minimum absolute atomic E-state index is 0.0782. The Morgan fingerprint density at radius 2 is 2.04 bits per heavy atom. The van der Waals surface area contributed by atoms with Crippen molar-refractivity contribution >= 4 is 33.4 Å². The van der Waals surface area contributed by atoms with Crippen LogP contribution >= 0.6 is 27.5 Å². The Kier molecular flexibility index (Phi) is 6.02. The molecule has 0 unspecified atom stereocenters. The SMILES string of the molecule is COc1ccc(Cl)cc1CN(C)C(=O)Cc1ccc(F)c(Br)c1. The van der Waals surface area contributed by atoms with Gasteiger partial charge < -0.3 is 9.64 Å². The summed E-state index contributed by atoms with van der Waals surface area (Å²) in [6, 6.07) is 9.84. The highest BCUT2D eigenvalue weighted by Crippen LogP contribution is 2.24. The molecule has 2 aromatic carbocycles. The molecule has 0 heterocycles. The van der Waals surface area contributed by atoms with Gasteiger partial charge in [-0.05, 0) is 51.8 Å². The van der Waals surface area contributed by atoms with Gasteiger partial charge >= 0.3 is 0 Å². The predicted octanol–water partition coefficient (Wildman–Crippen LogP) is 4.45. The zero-order valence-electron chi connectivity index (χ0n) is 12.8. The summed E-state index contributed by atoms with van der Waals surface area (Å²) in [5.41, 5.74) is 1.57. The summed E-state index contributed by atoms with van der Waals surface area (Å²) in [6.07, 6.45) is 0.193. The molecular formula is C17H16BrClFNO2. The van der Waals surface area contributed by atoms with E-state index in [-0.39, 0.29) is 18.1 Å². The monoisotopic (exact) mass is 399 g/mol. The van der Waals surface area contributed by atoms with E-state index in [1.807, 2.05) is 0 Å². The summed E-state index contributed by atoms with van der Waals surface area (Å²) in [6.45, 7) is 0.380. The zero-order chi connectivity index (χ0) is 17.0. The third kappa shape index (κ3) is 4.69. The van der Waals surface area contributed by atoms with Gasteiger partial charge in [0.25, 0.3) is 0 Å². The van der Waals surface area contributed by atoms with Gasteiger partial charge in [0.15, 0.2) is 0 Å². The highest BCUT2D eigenvalue weighted by molar-refractivity contribution is 9.10. The van der Waals surface area contributed by atoms with Crippen LogP contribution in [-0.4, -0.2) is 25.0 Å². The molecule has 0 bridgehead atoms. The molecule has 2 rings (SSSR count). The van der Waals surface area contributed by atoms with E-state index in [9.17, 15) is 9.18 Å². The maximum atomic E-state index is 13.2. The number of hydrogen-bond donors (Lipinski definition) is 0. The molecule has 23 heavy (non-hydrogen) atoms. The van der Waals surface area contributed by atoms with Crippen LogP contribution in [0.25, 0.3) is 0 Å². The molecule has 3 nitrogen and oxygen atoms in total. The van der Waals surface area contributed by atoms with Gasteiger partial charge in [-0.3, -0.25) is 4.79 Å². The number of ether oxygens (including phenoxy) is 1. The summed E-state index contributed by atoms with van der Waals surface area (Å²) in [5, 5.41) is 0.587. The average Bonchev–Trinajstić information content (AvgIpc) is 2.51. The van der Waals surface area contributed by atoms with Crippen LogP contribution in [0, 0.1) is 5.82 Å². The number of carbonyl (C=O) groups excluding carboxylic acids is 1. The van der Waals surface area contributed by atoms with Gasteiger partial charge in [-0.25, -0.2) is 4.39 Å². The number of carbonyl (C=O) groups is 1. The molecule has 122 valence electrons. The molecule has 0 aliphatic heterocycles. The van der Waals surface area contributed by atoms with E-state index in [1.165, 1.54) is 6.07 Å². The Morgan fingerprint density at radius 3 is 2.70 bits per heavy atom. The van der Waals surface area contributed by atoms with Crippen molar-refractivity contribution in [3.05, 3.63) is 62.8 Å². The van der Waals surface area contributed by atoms with Crippen LogP contribution in [0.3, 0.4) is 0 Å². The fraction of sp³-hybridized carbons (Fsp3) is 0.235. The summed E-state index contributed by atoms with van der Waals surface area (Å²) >= 11 is 9.12. The van der Waals surface area contributed by atoms with Gasteiger partial charge in [-0.15, -0.1) is 0 Å². The second-order valence-corrected chi connectivity index (χ2v) is 6.42. The minimum Gasteiger partial charge on any atom is -0.496 e. The van der Waals surface area contributed by atoms with E-state index in [0.717, 1.165) is 11.1 Å². The fourth-order valence-electron chi connectivity index (χ4n) is 2.17. The topological polar surface area (TPSA) is 29.5 Å². The van der Waals surface area contributed by atoms with Crippen molar-refractivity contribution in [2.24, 2.45) is 0 Å². The van der Waals surface area contributed by atoms with Crippen molar-refractivity contribution in [2.45, 2.75) is 13.0 Å². The van der Waals surface area contributed by atoms with E-state index in [1.54, 1.807) is 49.4 Å². The molecule has 0 N–H and O–H groups in total. The van der Waals surface area contributed by atoms with E-state index in [0.29, 0.717) is 21.8 Å². The summed E-state index contributed by atoms with van der Waals surface area (Å²) < 4.78 is 18.9. The fourth-order valence-corrected chi connectivity index (χ4v) is 2.79. The molecule has 0 aromatic heterocycles. The van der Waals surface area contributed by atoms with Crippen molar-refractivity contribution in [1.29, 1.82) is 0 Å². The molecule has 0 fully saturated rings. The number of methoxy groups -OCH3 is 1. The first-order valence-electron chi connectivity index (χ1n) is 6.91. The van der Waals surface area contributed by atoms with Crippen LogP contribution in [0.1, 0.15) is 11.1 Å². The quantitative estimate of drug-likeness (QED) is 0.742. The Morgan fingerprint density at radius 1 is 1.30 bits per heavy atom. The summed E-state index contributed by atoms with van der Waals surface area (Å²) in [5.74, 6) is 0.252. The van der Waals surface area contributed by atoms with Crippen molar-refractivity contribution in [1.82, 2.24) is 4.90 Å². The van der Waals surface area contributed by atoms with Gasteiger partial charge in [0, 0.05) is 24.2 Å². The first kappa shape index (κ1) is 17.8. The largest absolute Gasteiger partial charge is 0.496 e. The highest BCUT2D eigenvalue weighted by atomic mass is 79.9. The van der Waals surface area contributed by atoms with E-state index < -0.39 is 0 Å². The van der Waals surface area contributed by atoms with Crippen molar-refractivity contribution < 1.29 is 13.9 Å². The van der Waals surface area contributed by atoms with E-state index >= 15 is 0 Å². The minimum atomic E-state index is -0.349. The Bertz CT molecular complexity index is 724. The lowest BCUT2D eigenvalue weighted by molar-refractivity contribution is -0.129. The summed E-state index contributed by atoms with van der Waals surface area (Å²) in [7, 11) is 3.28. The van der Waals surface area contributed by atoms with Crippen LogP contribution in [0.5, 0.6) is 5.75 Å². The molecular weight excluding hydrogens is 385 g/mol. The Labute approximate surface area is 148 Å². The highest BCUT2D eigenvalue weighted by Gasteiger charge is 2.14. The van der Waals surface area contributed by atoms with Crippen LogP contribution < -0.4 is 4.74 Å². The molecule has 6 heteroatoms. The van der Waals surface area contributed by atoms with Crippen molar-refractivity contribution in [3.8, 4) is 5.75 Å². The van der Waals surface area contributed by atoms with Gasteiger partial charge in [0.1, 0.15) is 11.6 Å². The third-order valence-electron chi connectivity index (χ3n) is 3.42. The number of benzene rings is 2. The maximum absolute atomic E-state index is 13.2. The zero-order valence-corrected chi connectivity index (χ0v) is 15.1. The molecule has 0 radical (unpaired) electrons. The van der Waals surface area contributed by atoms with Crippen molar-refractivity contribution in [2.75, 3.05) is 14.2 Å². The van der Waals surface area contributed by atoms with Gasteiger partial charge in [-0.2, -0.15) is 0 Å². The lowest BCUT2D eigenvalue weighted by atomic mass is 10.1. The first-order chi connectivity index (χ1) is 10.9. The number of nitrogens with zero attached hydrogens (tertiary/aromatic N) is 1. The normalized spacial score (nSPS) is 10.5. The van der Waals surface area contributed by atoms with Gasteiger partial charge in [0.05, 0.1) is 18.0 Å². The van der Waals surface area contributed by atoms with Crippen LogP contribution in [0.15, 0.2) is 40.9 Å². The number of hydrogen-bond acceptors (Lipinski definition) is 2. The Balaban J connectivity index is 2.08. The Hall–Kier alpha value is -1.59.